The first-order valence-electron chi connectivity index (χ1n) is 9.82. The summed E-state index contributed by atoms with van der Waals surface area (Å²) in [5.41, 5.74) is 4.81. The van der Waals surface area contributed by atoms with Crippen LogP contribution >= 0.6 is 0 Å². The number of anilines is 1. The van der Waals surface area contributed by atoms with Crippen LogP contribution in [0.15, 0.2) is 84.9 Å². The minimum atomic E-state index is -0.998. The van der Waals surface area contributed by atoms with Crippen molar-refractivity contribution < 1.29 is 14.7 Å². The Labute approximate surface area is 174 Å². The lowest BCUT2D eigenvalue weighted by atomic mass is 9.93. The number of aryl methyl sites for hydroxylation is 1. The number of benzene rings is 4. The van der Waals surface area contributed by atoms with Crippen LogP contribution in [0.1, 0.15) is 33.2 Å². The van der Waals surface area contributed by atoms with Crippen LogP contribution in [0, 0.1) is 0 Å². The molecule has 0 fully saturated rings. The second kappa shape index (κ2) is 8.21. The van der Waals surface area contributed by atoms with E-state index < -0.39 is 5.97 Å². The van der Waals surface area contributed by atoms with E-state index >= 15 is 0 Å². The number of hydrogen-bond donors (Lipinski definition) is 2. The fourth-order valence-corrected chi connectivity index (χ4v) is 3.64. The van der Waals surface area contributed by atoms with Crippen LogP contribution in [-0.2, 0) is 6.42 Å². The van der Waals surface area contributed by atoms with Gasteiger partial charge in [-0.05, 0) is 70.3 Å². The normalized spacial score (nSPS) is 10.7. The predicted octanol–water partition coefficient (Wildman–Crippen LogP) is 6.02. The first kappa shape index (κ1) is 19.4. The smallest absolute Gasteiger partial charge is 0.335 e. The van der Waals surface area contributed by atoms with E-state index in [0.717, 1.165) is 22.8 Å². The molecule has 0 aliphatic heterocycles. The highest BCUT2D eigenvalue weighted by molar-refractivity contribution is 6.08. The van der Waals surface area contributed by atoms with Crippen molar-refractivity contribution in [2.45, 2.75) is 13.3 Å². The van der Waals surface area contributed by atoms with Gasteiger partial charge in [-0.15, -0.1) is 0 Å². The predicted molar refractivity (Wildman–Crippen MR) is 120 cm³/mol. The second-order valence-electron chi connectivity index (χ2n) is 7.09. The molecular weight excluding hydrogens is 374 g/mol. The maximum absolute atomic E-state index is 12.8. The lowest BCUT2D eigenvalue weighted by molar-refractivity contribution is 0.0696. The zero-order chi connectivity index (χ0) is 21.1. The molecule has 4 nitrogen and oxygen atoms in total. The van der Waals surface area contributed by atoms with Gasteiger partial charge in [0.15, 0.2) is 0 Å². The Bertz CT molecular complexity index is 1240. The Balaban J connectivity index is 1.70. The van der Waals surface area contributed by atoms with E-state index in [1.165, 1.54) is 23.3 Å². The number of hydrogen-bond acceptors (Lipinski definition) is 2. The minimum Gasteiger partial charge on any atom is -0.478 e. The van der Waals surface area contributed by atoms with E-state index in [4.69, 9.17) is 5.11 Å². The van der Waals surface area contributed by atoms with Crippen molar-refractivity contribution in [3.05, 3.63) is 102 Å². The molecule has 0 atom stereocenters. The van der Waals surface area contributed by atoms with Gasteiger partial charge in [-0.2, -0.15) is 0 Å². The van der Waals surface area contributed by atoms with Crippen LogP contribution in [0.2, 0.25) is 0 Å². The molecule has 4 heteroatoms. The highest BCUT2D eigenvalue weighted by atomic mass is 16.4. The fraction of sp³-hybridized carbons (Fsp3) is 0.0769. The Morgan fingerprint density at radius 3 is 2.23 bits per heavy atom. The van der Waals surface area contributed by atoms with Gasteiger partial charge >= 0.3 is 5.97 Å². The number of carbonyl (C=O) groups excluding carboxylic acids is 1. The molecule has 0 aliphatic carbocycles. The molecular formula is C26H21NO3. The zero-order valence-electron chi connectivity index (χ0n) is 16.6. The van der Waals surface area contributed by atoms with E-state index in [9.17, 15) is 9.59 Å². The van der Waals surface area contributed by atoms with Gasteiger partial charge in [0.25, 0.3) is 5.91 Å². The number of aromatic carboxylic acids is 1. The zero-order valence-corrected chi connectivity index (χ0v) is 16.6. The maximum Gasteiger partial charge on any atom is 0.335 e. The molecule has 148 valence electrons. The van der Waals surface area contributed by atoms with Crippen LogP contribution in [0.5, 0.6) is 0 Å². The maximum atomic E-state index is 12.8. The Kier molecular flexibility index (Phi) is 5.31. The van der Waals surface area contributed by atoms with Crippen molar-refractivity contribution >= 4 is 28.3 Å². The highest BCUT2D eigenvalue weighted by Crippen LogP contribution is 2.32. The van der Waals surface area contributed by atoms with E-state index in [1.807, 2.05) is 36.4 Å². The second-order valence-corrected chi connectivity index (χ2v) is 7.09. The van der Waals surface area contributed by atoms with Crippen LogP contribution in [0.4, 0.5) is 5.69 Å². The van der Waals surface area contributed by atoms with Gasteiger partial charge in [-0.3, -0.25) is 4.79 Å². The summed E-state index contributed by atoms with van der Waals surface area (Å²) in [6.07, 6.45) is 0.930. The van der Waals surface area contributed by atoms with Gasteiger partial charge in [-0.25, -0.2) is 4.79 Å². The summed E-state index contributed by atoms with van der Waals surface area (Å²) in [4.78, 5) is 23.8. The van der Waals surface area contributed by atoms with E-state index in [1.54, 1.807) is 18.2 Å². The van der Waals surface area contributed by atoms with Crippen molar-refractivity contribution in [2.75, 3.05) is 5.32 Å². The summed E-state index contributed by atoms with van der Waals surface area (Å²) in [5, 5.41) is 13.9. The van der Waals surface area contributed by atoms with Crippen molar-refractivity contribution in [3.63, 3.8) is 0 Å². The van der Waals surface area contributed by atoms with Crippen LogP contribution in [0.3, 0.4) is 0 Å². The number of carboxylic acid groups (broad SMARTS) is 1. The van der Waals surface area contributed by atoms with E-state index in [0.29, 0.717) is 11.3 Å². The molecule has 0 unspecified atom stereocenters. The molecule has 0 heterocycles. The standard InChI is InChI=1S/C26H21NO3/c1-2-17-6-3-4-8-22(17)23-9-5-7-18-10-11-20(16-24(18)23)25(28)27-21-14-12-19(13-15-21)26(29)30/h3-16H,2H2,1H3,(H,27,28)(H,29,30). The number of nitrogens with one attached hydrogen (secondary N) is 1. The number of fused-ring (bicyclic) bond motifs is 1. The van der Waals surface area contributed by atoms with Gasteiger partial charge in [0.2, 0.25) is 0 Å². The van der Waals surface area contributed by atoms with Gasteiger partial charge < -0.3 is 10.4 Å². The van der Waals surface area contributed by atoms with Crippen LogP contribution in [0.25, 0.3) is 21.9 Å². The third-order valence-corrected chi connectivity index (χ3v) is 5.22. The first-order valence-corrected chi connectivity index (χ1v) is 9.82. The molecule has 2 N–H and O–H groups in total. The Hall–Kier alpha value is -3.92. The third kappa shape index (κ3) is 3.80. The average Bonchev–Trinajstić information content (AvgIpc) is 2.78. The van der Waals surface area contributed by atoms with Gasteiger partial charge in [0, 0.05) is 11.3 Å². The molecule has 0 spiro atoms. The third-order valence-electron chi connectivity index (χ3n) is 5.22. The molecule has 0 saturated carbocycles. The molecule has 4 aromatic carbocycles. The van der Waals surface area contributed by atoms with Crippen molar-refractivity contribution in [3.8, 4) is 11.1 Å². The number of rotatable bonds is 5. The Morgan fingerprint density at radius 1 is 0.800 bits per heavy atom. The van der Waals surface area contributed by atoms with Crippen molar-refractivity contribution in [2.24, 2.45) is 0 Å². The molecule has 30 heavy (non-hydrogen) atoms. The number of carbonyl (C=O) groups is 2. The van der Waals surface area contributed by atoms with Gasteiger partial charge in [0.05, 0.1) is 5.56 Å². The number of carboxylic acids is 1. The lowest BCUT2D eigenvalue weighted by Crippen LogP contribution is -2.12. The topological polar surface area (TPSA) is 66.4 Å². The number of amides is 1. The summed E-state index contributed by atoms with van der Waals surface area (Å²) < 4.78 is 0. The summed E-state index contributed by atoms with van der Waals surface area (Å²) in [5.74, 6) is -1.24. The molecule has 0 bridgehead atoms. The summed E-state index contributed by atoms with van der Waals surface area (Å²) in [6, 6.07) is 26.3. The Morgan fingerprint density at radius 2 is 1.50 bits per heavy atom. The summed E-state index contributed by atoms with van der Waals surface area (Å²) in [6.45, 7) is 2.14. The van der Waals surface area contributed by atoms with E-state index in [-0.39, 0.29) is 11.5 Å². The fourth-order valence-electron chi connectivity index (χ4n) is 3.64. The molecule has 0 aromatic heterocycles. The molecule has 0 saturated heterocycles. The molecule has 0 aliphatic rings. The average molecular weight is 395 g/mol. The lowest BCUT2D eigenvalue weighted by Gasteiger charge is -2.12. The highest BCUT2D eigenvalue weighted by Gasteiger charge is 2.12. The van der Waals surface area contributed by atoms with E-state index in [2.05, 4.69) is 30.4 Å². The molecule has 4 aromatic rings. The monoisotopic (exact) mass is 395 g/mol. The molecule has 4 rings (SSSR count). The van der Waals surface area contributed by atoms with Crippen molar-refractivity contribution in [1.82, 2.24) is 0 Å². The summed E-state index contributed by atoms with van der Waals surface area (Å²) >= 11 is 0. The summed E-state index contributed by atoms with van der Waals surface area (Å²) in [7, 11) is 0. The van der Waals surface area contributed by atoms with Crippen LogP contribution in [-0.4, -0.2) is 17.0 Å². The van der Waals surface area contributed by atoms with Crippen molar-refractivity contribution in [1.29, 1.82) is 0 Å². The van der Waals surface area contributed by atoms with Gasteiger partial charge in [-0.1, -0.05) is 55.5 Å². The van der Waals surface area contributed by atoms with Gasteiger partial charge in [0.1, 0.15) is 0 Å². The van der Waals surface area contributed by atoms with Crippen LogP contribution < -0.4 is 5.32 Å². The SMILES string of the molecule is CCc1ccccc1-c1cccc2ccc(C(=O)Nc3ccc(C(=O)O)cc3)cc12. The quantitative estimate of drug-likeness (QED) is 0.434. The first-order chi connectivity index (χ1) is 14.6. The largest absolute Gasteiger partial charge is 0.478 e. The molecule has 1 amide bonds. The minimum absolute atomic E-state index is 0.179. The molecule has 0 radical (unpaired) electrons.